The Morgan fingerprint density at radius 1 is 1.15 bits per heavy atom. The first-order valence-corrected chi connectivity index (χ1v) is 12.2. The van der Waals surface area contributed by atoms with E-state index in [2.05, 4.69) is 30.9 Å². The molecule has 0 saturated carbocycles. The summed E-state index contributed by atoms with van der Waals surface area (Å²) in [5.41, 5.74) is 4.14. The highest BCUT2D eigenvalue weighted by molar-refractivity contribution is 7.22. The van der Waals surface area contributed by atoms with E-state index in [1.165, 1.54) is 11.1 Å². The number of hydrogen-bond donors (Lipinski definition) is 0. The predicted molar refractivity (Wildman–Crippen MR) is 137 cm³/mol. The molecule has 34 heavy (non-hydrogen) atoms. The number of nitrogens with zero attached hydrogens (tertiary/aromatic N) is 3. The van der Waals surface area contributed by atoms with Crippen molar-refractivity contribution in [1.29, 1.82) is 0 Å². The summed E-state index contributed by atoms with van der Waals surface area (Å²) in [6.07, 6.45) is 3.40. The van der Waals surface area contributed by atoms with E-state index in [1.54, 1.807) is 42.6 Å². The molecule has 1 fully saturated rings. The fourth-order valence-electron chi connectivity index (χ4n) is 4.06. The Morgan fingerprint density at radius 2 is 1.91 bits per heavy atom. The third kappa shape index (κ3) is 5.58. The number of methoxy groups -OCH3 is 2. The van der Waals surface area contributed by atoms with Crippen LogP contribution < -0.4 is 14.4 Å². The molecule has 2 heterocycles. The van der Waals surface area contributed by atoms with E-state index < -0.39 is 0 Å². The zero-order valence-electron chi connectivity index (χ0n) is 20.2. The molecule has 0 bridgehead atoms. The minimum atomic E-state index is -0.100. The van der Waals surface area contributed by atoms with Crippen LogP contribution in [0.25, 0.3) is 16.3 Å². The first-order valence-electron chi connectivity index (χ1n) is 11.4. The number of hydrogen-bond acceptors (Lipinski definition) is 7. The molecule has 3 aromatic rings. The number of thiazole rings is 1. The van der Waals surface area contributed by atoms with Crippen LogP contribution in [-0.2, 0) is 9.53 Å². The molecule has 7 nitrogen and oxygen atoms in total. The van der Waals surface area contributed by atoms with Crippen LogP contribution in [0.2, 0.25) is 0 Å². The summed E-state index contributed by atoms with van der Waals surface area (Å²) >= 11 is 1.57. The lowest BCUT2D eigenvalue weighted by Gasteiger charge is -2.28. The fraction of sp³-hybridized carbons (Fsp3) is 0.385. The quantitative estimate of drug-likeness (QED) is 0.447. The van der Waals surface area contributed by atoms with Gasteiger partial charge in [-0.25, -0.2) is 4.98 Å². The maximum atomic E-state index is 13.4. The zero-order chi connectivity index (χ0) is 24.1. The minimum Gasteiger partial charge on any atom is -0.493 e. The average Bonchev–Trinajstić information content (AvgIpc) is 3.27. The molecule has 8 heteroatoms. The predicted octanol–water partition coefficient (Wildman–Crippen LogP) is 4.31. The summed E-state index contributed by atoms with van der Waals surface area (Å²) in [6, 6.07) is 9.81. The van der Waals surface area contributed by atoms with Gasteiger partial charge >= 0.3 is 0 Å². The van der Waals surface area contributed by atoms with Crippen molar-refractivity contribution in [2.24, 2.45) is 0 Å². The number of amides is 1. The topological polar surface area (TPSA) is 64.1 Å². The maximum Gasteiger partial charge on any atom is 0.252 e. The van der Waals surface area contributed by atoms with E-state index in [4.69, 9.17) is 19.2 Å². The summed E-state index contributed by atoms with van der Waals surface area (Å²) in [6.45, 7) is 8.70. The Morgan fingerprint density at radius 3 is 2.65 bits per heavy atom. The van der Waals surface area contributed by atoms with E-state index in [9.17, 15) is 4.79 Å². The molecule has 0 aliphatic carbocycles. The molecule has 2 aromatic carbocycles. The smallest absolute Gasteiger partial charge is 0.252 e. The zero-order valence-corrected chi connectivity index (χ0v) is 21.0. The molecular formula is C26H31N3O4S. The standard InChI is InChI=1S/C26H31N3O4S/c1-18-15-19(2)25-21(16-18)27-26(34-25)29(10-9-28-11-13-33-14-12-28)24(30)8-6-20-5-7-22(31-3)23(17-20)32-4/h5-8,15-17H,9-14H2,1-4H3/b8-6+. The van der Waals surface area contributed by atoms with Crippen molar-refractivity contribution in [3.05, 3.63) is 53.1 Å². The highest BCUT2D eigenvalue weighted by Crippen LogP contribution is 2.32. The van der Waals surface area contributed by atoms with Crippen LogP contribution >= 0.6 is 11.3 Å². The first-order chi connectivity index (χ1) is 16.5. The maximum absolute atomic E-state index is 13.4. The van der Waals surface area contributed by atoms with Crippen LogP contribution in [0.3, 0.4) is 0 Å². The van der Waals surface area contributed by atoms with Gasteiger partial charge in [-0.3, -0.25) is 14.6 Å². The third-order valence-electron chi connectivity index (χ3n) is 5.88. The molecule has 0 unspecified atom stereocenters. The molecule has 0 spiro atoms. The molecule has 0 radical (unpaired) electrons. The molecule has 0 N–H and O–H groups in total. The van der Waals surface area contributed by atoms with Gasteiger partial charge in [0.05, 0.1) is 37.6 Å². The Labute approximate surface area is 204 Å². The number of carbonyl (C=O) groups excluding carboxylic acids is 1. The van der Waals surface area contributed by atoms with Gasteiger partial charge in [0.2, 0.25) is 0 Å². The number of benzene rings is 2. The van der Waals surface area contributed by atoms with Gasteiger partial charge in [0.15, 0.2) is 16.6 Å². The van der Waals surface area contributed by atoms with Crippen molar-refractivity contribution in [2.75, 3.05) is 58.5 Å². The highest BCUT2D eigenvalue weighted by Gasteiger charge is 2.21. The lowest BCUT2D eigenvalue weighted by molar-refractivity contribution is -0.114. The van der Waals surface area contributed by atoms with Crippen molar-refractivity contribution >= 4 is 38.7 Å². The van der Waals surface area contributed by atoms with Crippen molar-refractivity contribution < 1.29 is 19.0 Å². The van der Waals surface area contributed by atoms with Gasteiger partial charge in [0, 0.05) is 32.3 Å². The second kappa shape index (κ2) is 11.0. The van der Waals surface area contributed by atoms with Gasteiger partial charge in [-0.05, 0) is 54.8 Å². The minimum absolute atomic E-state index is 0.100. The lowest BCUT2D eigenvalue weighted by Crippen LogP contribution is -2.42. The van der Waals surface area contributed by atoms with Crippen LogP contribution in [0.15, 0.2) is 36.4 Å². The molecule has 1 amide bonds. The van der Waals surface area contributed by atoms with E-state index in [1.807, 2.05) is 18.2 Å². The molecule has 1 aromatic heterocycles. The monoisotopic (exact) mass is 481 g/mol. The van der Waals surface area contributed by atoms with Crippen molar-refractivity contribution in [2.45, 2.75) is 13.8 Å². The number of aromatic nitrogens is 1. The molecule has 0 atom stereocenters. The second-order valence-corrected chi connectivity index (χ2v) is 9.30. The number of ether oxygens (including phenoxy) is 3. The number of anilines is 1. The summed E-state index contributed by atoms with van der Waals surface area (Å²) in [5, 5.41) is 0.721. The Kier molecular flexibility index (Phi) is 7.82. The number of fused-ring (bicyclic) bond motifs is 1. The van der Waals surface area contributed by atoms with Crippen LogP contribution in [0.1, 0.15) is 16.7 Å². The van der Waals surface area contributed by atoms with Gasteiger partial charge in [-0.1, -0.05) is 23.5 Å². The van der Waals surface area contributed by atoms with E-state index >= 15 is 0 Å². The van der Waals surface area contributed by atoms with Crippen LogP contribution in [0, 0.1) is 13.8 Å². The summed E-state index contributed by atoms with van der Waals surface area (Å²) in [4.78, 5) is 22.3. The van der Waals surface area contributed by atoms with Crippen LogP contribution in [0.5, 0.6) is 11.5 Å². The van der Waals surface area contributed by atoms with Crippen LogP contribution in [-0.4, -0.2) is 69.4 Å². The highest BCUT2D eigenvalue weighted by atomic mass is 32.1. The van der Waals surface area contributed by atoms with E-state index in [0.29, 0.717) is 18.0 Å². The number of carbonyl (C=O) groups is 1. The van der Waals surface area contributed by atoms with Gasteiger partial charge < -0.3 is 14.2 Å². The van der Waals surface area contributed by atoms with Crippen molar-refractivity contribution in [3.8, 4) is 11.5 Å². The number of rotatable bonds is 8. The van der Waals surface area contributed by atoms with E-state index in [-0.39, 0.29) is 5.91 Å². The molecule has 1 aliphatic heterocycles. The van der Waals surface area contributed by atoms with Gasteiger partial charge in [0.1, 0.15) is 0 Å². The molecule has 1 aliphatic rings. The Balaban J connectivity index is 1.60. The van der Waals surface area contributed by atoms with Gasteiger partial charge in [-0.2, -0.15) is 0 Å². The normalized spacial score (nSPS) is 14.6. The Bertz CT molecular complexity index is 1180. The van der Waals surface area contributed by atoms with E-state index in [0.717, 1.165) is 53.8 Å². The van der Waals surface area contributed by atoms with Crippen molar-refractivity contribution in [3.63, 3.8) is 0 Å². The SMILES string of the molecule is COc1ccc(/C=C/C(=O)N(CCN2CCOCC2)c2nc3cc(C)cc(C)c3s2)cc1OC. The summed E-state index contributed by atoms with van der Waals surface area (Å²) < 4.78 is 17.3. The molecule has 180 valence electrons. The molecule has 1 saturated heterocycles. The molecular weight excluding hydrogens is 450 g/mol. The lowest BCUT2D eigenvalue weighted by atomic mass is 10.1. The summed E-state index contributed by atoms with van der Waals surface area (Å²) in [7, 11) is 3.20. The van der Waals surface area contributed by atoms with Gasteiger partial charge in [0.25, 0.3) is 5.91 Å². The largest absolute Gasteiger partial charge is 0.493 e. The summed E-state index contributed by atoms with van der Waals surface area (Å²) in [5.74, 6) is 1.17. The second-order valence-electron chi connectivity index (χ2n) is 8.32. The van der Waals surface area contributed by atoms with Gasteiger partial charge in [-0.15, -0.1) is 0 Å². The van der Waals surface area contributed by atoms with Crippen molar-refractivity contribution in [1.82, 2.24) is 9.88 Å². The third-order valence-corrected chi connectivity index (χ3v) is 7.10. The molecule has 4 rings (SSSR count). The number of morpholine rings is 1. The average molecular weight is 482 g/mol. The van der Waals surface area contributed by atoms with Crippen LogP contribution in [0.4, 0.5) is 5.13 Å². The Hall–Kier alpha value is -2.94. The number of aryl methyl sites for hydroxylation is 2. The fourth-order valence-corrected chi connectivity index (χ4v) is 5.11. The first kappa shape index (κ1) is 24.2.